The Bertz CT molecular complexity index is 1170. The molecule has 0 aliphatic carbocycles. The van der Waals surface area contributed by atoms with Gasteiger partial charge in [0.25, 0.3) is 11.7 Å². The van der Waals surface area contributed by atoms with Crippen molar-refractivity contribution < 1.29 is 28.9 Å². The second kappa shape index (κ2) is 16.1. The minimum atomic E-state index is -0.759. The Labute approximate surface area is 244 Å². The number of amides is 1. The third-order valence-electron chi connectivity index (χ3n) is 7.46. The fraction of sp³-hybridized carbons (Fsp3) is 0.515. The third kappa shape index (κ3) is 8.03. The first-order valence-corrected chi connectivity index (χ1v) is 14.9. The lowest BCUT2D eigenvalue weighted by Crippen LogP contribution is -2.33. The molecule has 8 nitrogen and oxygen atoms in total. The van der Waals surface area contributed by atoms with Crippen LogP contribution in [0.3, 0.4) is 0 Å². The molecule has 0 spiro atoms. The van der Waals surface area contributed by atoms with Crippen molar-refractivity contribution in [1.82, 2.24) is 9.80 Å². The third-order valence-corrected chi connectivity index (χ3v) is 7.46. The van der Waals surface area contributed by atoms with Gasteiger partial charge in [0.2, 0.25) is 0 Å². The molecule has 1 unspecified atom stereocenters. The predicted molar refractivity (Wildman–Crippen MR) is 162 cm³/mol. The van der Waals surface area contributed by atoms with E-state index in [4.69, 9.17) is 14.2 Å². The number of carbonyl (C=O) groups is 2. The first-order valence-electron chi connectivity index (χ1n) is 14.9. The molecule has 0 bridgehead atoms. The van der Waals surface area contributed by atoms with Crippen LogP contribution in [0.2, 0.25) is 0 Å². The quantitative estimate of drug-likeness (QED) is 0.105. The Balaban J connectivity index is 2.01. The Morgan fingerprint density at radius 3 is 2.15 bits per heavy atom. The van der Waals surface area contributed by atoms with Gasteiger partial charge in [-0.3, -0.25) is 9.59 Å². The van der Waals surface area contributed by atoms with Gasteiger partial charge in [0, 0.05) is 12.1 Å². The van der Waals surface area contributed by atoms with Crippen LogP contribution in [-0.2, 0) is 9.59 Å². The van der Waals surface area contributed by atoms with Crippen molar-refractivity contribution in [1.29, 1.82) is 0 Å². The first-order chi connectivity index (χ1) is 19.9. The maximum Gasteiger partial charge on any atom is 0.295 e. The van der Waals surface area contributed by atoms with E-state index in [2.05, 4.69) is 32.6 Å². The van der Waals surface area contributed by atoms with E-state index in [1.807, 2.05) is 12.1 Å². The van der Waals surface area contributed by atoms with Crippen molar-refractivity contribution in [3.63, 3.8) is 0 Å². The van der Waals surface area contributed by atoms with Crippen LogP contribution in [0.4, 0.5) is 0 Å². The summed E-state index contributed by atoms with van der Waals surface area (Å²) >= 11 is 0. The number of hydrogen-bond donors (Lipinski definition) is 1. The maximum atomic E-state index is 13.5. The second-order valence-electron chi connectivity index (χ2n) is 10.2. The summed E-state index contributed by atoms with van der Waals surface area (Å²) in [4.78, 5) is 30.7. The van der Waals surface area contributed by atoms with Gasteiger partial charge in [0.1, 0.15) is 11.5 Å². The minimum absolute atomic E-state index is 0.0687. The molecule has 1 saturated heterocycles. The molecule has 1 aliphatic rings. The van der Waals surface area contributed by atoms with Crippen LogP contribution < -0.4 is 14.2 Å². The molecule has 1 N–H and O–H groups in total. The lowest BCUT2D eigenvalue weighted by Gasteiger charge is -2.27. The van der Waals surface area contributed by atoms with Crippen LogP contribution in [0, 0.1) is 0 Å². The number of rotatable bonds is 17. The zero-order valence-electron chi connectivity index (χ0n) is 25.3. The summed E-state index contributed by atoms with van der Waals surface area (Å²) in [6.07, 6.45) is 4.61. The van der Waals surface area contributed by atoms with Gasteiger partial charge in [0.05, 0.1) is 31.9 Å². The van der Waals surface area contributed by atoms with Gasteiger partial charge in [-0.2, -0.15) is 0 Å². The maximum absolute atomic E-state index is 13.5. The molecule has 224 valence electrons. The molecular formula is C33H46N2O6. The van der Waals surface area contributed by atoms with Crippen LogP contribution in [-0.4, -0.2) is 73.1 Å². The second-order valence-corrected chi connectivity index (χ2v) is 10.2. The molecule has 1 amide bonds. The first kappa shape index (κ1) is 32.0. The van der Waals surface area contributed by atoms with E-state index in [0.29, 0.717) is 54.6 Å². The predicted octanol–water partition coefficient (Wildman–Crippen LogP) is 6.21. The van der Waals surface area contributed by atoms with Crippen molar-refractivity contribution in [2.45, 2.75) is 65.8 Å². The van der Waals surface area contributed by atoms with Crippen LogP contribution in [0.5, 0.6) is 17.2 Å². The van der Waals surface area contributed by atoms with Gasteiger partial charge in [0.15, 0.2) is 11.5 Å². The number of nitrogens with zero attached hydrogens (tertiary/aromatic N) is 2. The van der Waals surface area contributed by atoms with Crippen LogP contribution in [0.25, 0.3) is 5.76 Å². The molecule has 8 heteroatoms. The SMILES string of the molecule is CCCCOc1ccc(/C(O)=C2\C(=O)C(=O)N(CCCN(CC)CC)C2c2ccc(OCCCC)c(OC)c2)cc1. The zero-order chi connectivity index (χ0) is 29.8. The van der Waals surface area contributed by atoms with Crippen molar-refractivity contribution in [3.8, 4) is 17.2 Å². The Kier molecular flexibility index (Phi) is 12.5. The molecule has 1 atom stereocenters. The molecule has 2 aromatic rings. The van der Waals surface area contributed by atoms with E-state index in [0.717, 1.165) is 45.3 Å². The lowest BCUT2D eigenvalue weighted by atomic mass is 9.95. The van der Waals surface area contributed by atoms with E-state index < -0.39 is 17.7 Å². The van der Waals surface area contributed by atoms with Crippen LogP contribution in [0.1, 0.15) is 77.0 Å². The Morgan fingerprint density at radius 1 is 0.878 bits per heavy atom. The molecule has 0 radical (unpaired) electrons. The standard InChI is InChI=1S/C33H46N2O6/c1-6-10-21-40-26-16-13-24(14-17-26)31(36)29-30(25-15-18-27(28(23-25)39-5)41-22-11-7-2)35(33(38)32(29)37)20-12-19-34(8-3)9-4/h13-18,23,30,36H,6-12,19-22H2,1-5H3/b31-29+. The number of Topliss-reactive ketones (excluding diaryl/α,β-unsaturated/α-hetero) is 1. The minimum Gasteiger partial charge on any atom is -0.507 e. The van der Waals surface area contributed by atoms with Crippen LogP contribution in [0.15, 0.2) is 48.0 Å². The van der Waals surface area contributed by atoms with E-state index in [1.54, 1.807) is 42.3 Å². The highest BCUT2D eigenvalue weighted by atomic mass is 16.5. The molecular weight excluding hydrogens is 520 g/mol. The smallest absolute Gasteiger partial charge is 0.295 e. The van der Waals surface area contributed by atoms with E-state index in [1.165, 1.54) is 0 Å². The Hall–Kier alpha value is -3.52. The molecule has 0 saturated carbocycles. The number of carbonyl (C=O) groups excluding carboxylic acids is 2. The Morgan fingerprint density at radius 2 is 1.54 bits per heavy atom. The molecule has 1 fully saturated rings. The number of ketones is 1. The van der Waals surface area contributed by atoms with Gasteiger partial charge >= 0.3 is 0 Å². The molecule has 41 heavy (non-hydrogen) atoms. The van der Waals surface area contributed by atoms with Gasteiger partial charge in [-0.15, -0.1) is 0 Å². The van der Waals surface area contributed by atoms with E-state index in [9.17, 15) is 14.7 Å². The summed E-state index contributed by atoms with van der Waals surface area (Å²) in [7, 11) is 1.57. The van der Waals surface area contributed by atoms with Crippen LogP contribution >= 0.6 is 0 Å². The average Bonchev–Trinajstić information content (AvgIpc) is 3.24. The highest BCUT2D eigenvalue weighted by molar-refractivity contribution is 6.46. The molecule has 0 aromatic heterocycles. The van der Waals surface area contributed by atoms with Gasteiger partial charge in [-0.1, -0.05) is 46.6 Å². The summed E-state index contributed by atoms with van der Waals surface area (Å²) in [5.74, 6) is 0.287. The van der Waals surface area contributed by atoms with Gasteiger partial charge in [-0.05, 0) is 80.9 Å². The van der Waals surface area contributed by atoms with Crippen molar-refractivity contribution in [2.24, 2.45) is 0 Å². The van der Waals surface area contributed by atoms with E-state index in [-0.39, 0.29) is 11.3 Å². The lowest BCUT2D eigenvalue weighted by molar-refractivity contribution is -0.140. The normalized spacial score (nSPS) is 16.4. The van der Waals surface area contributed by atoms with Crippen molar-refractivity contribution >= 4 is 17.4 Å². The van der Waals surface area contributed by atoms with Gasteiger partial charge < -0.3 is 29.1 Å². The number of aliphatic hydroxyl groups is 1. The van der Waals surface area contributed by atoms with Crippen molar-refractivity contribution in [3.05, 3.63) is 59.2 Å². The highest BCUT2D eigenvalue weighted by Gasteiger charge is 2.46. The summed E-state index contributed by atoms with van der Waals surface area (Å²) < 4.78 is 17.3. The molecule has 1 heterocycles. The summed E-state index contributed by atoms with van der Waals surface area (Å²) in [5, 5.41) is 11.5. The largest absolute Gasteiger partial charge is 0.507 e. The summed E-state index contributed by atoms with van der Waals surface area (Å²) in [6.45, 7) is 12.6. The number of hydrogen-bond acceptors (Lipinski definition) is 7. The number of aliphatic hydroxyl groups excluding tert-OH is 1. The number of ether oxygens (including phenoxy) is 3. The van der Waals surface area contributed by atoms with Gasteiger partial charge in [-0.25, -0.2) is 0 Å². The zero-order valence-corrected chi connectivity index (χ0v) is 25.3. The number of unbranched alkanes of at least 4 members (excludes halogenated alkanes) is 2. The monoisotopic (exact) mass is 566 g/mol. The van der Waals surface area contributed by atoms with E-state index >= 15 is 0 Å². The fourth-order valence-corrected chi connectivity index (χ4v) is 4.96. The summed E-state index contributed by atoms with van der Waals surface area (Å²) in [6, 6.07) is 11.7. The number of methoxy groups -OCH3 is 1. The van der Waals surface area contributed by atoms with Crippen molar-refractivity contribution in [2.75, 3.05) is 46.5 Å². The number of benzene rings is 2. The number of likely N-dealkylation sites (tertiary alicyclic amines) is 1. The molecule has 1 aliphatic heterocycles. The average molecular weight is 567 g/mol. The molecule has 3 rings (SSSR count). The fourth-order valence-electron chi connectivity index (χ4n) is 4.96. The molecule has 2 aromatic carbocycles. The summed E-state index contributed by atoms with van der Waals surface area (Å²) in [5.41, 5.74) is 1.19. The highest BCUT2D eigenvalue weighted by Crippen LogP contribution is 2.42. The topological polar surface area (TPSA) is 88.5 Å².